The highest BCUT2D eigenvalue weighted by atomic mass is 32.2. The number of piperidine rings is 1. The predicted octanol–water partition coefficient (Wildman–Crippen LogP) is 4.85. The maximum absolute atomic E-state index is 13.2. The Labute approximate surface area is 198 Å². The van der Waals surface area contributed by atoms with Crippen LogP contribution in [-0.2, 0) is 28.3 Å². The first-order chi connectivity index (χ1) is 16.1. The van der Waals surface area contributed by atoms with E-state index < -0.39 is 11.1 Å². The number of rotatable bonds is 6. The lowest BCUT2D eigenvalue weighted by atomic mass is 9.96. The Morgan fingerprint density at radius 3 is 2.48 bits per heavy atom. The van der Waals surface area contributed by atoms with Gasteiger partial charge < -0.3 is 4.90 Å². The van der Waals surface area contributed by atoms with Crippen molar-refractivity contribution in [3.63, 3.8) is 0 Å². The SMILES string of the molecule is CC.CS(=O)OCc1ccc(-c2cn(C(=O)N3CCCCC3Cc3ccccc3)nn2)cc1. The molecule has 1 aliphatic heterocycles. The maximum Gasteiger partial charge on any atom is 0.346 e. The minimum atomic E-state index is -1.30. The van der Waals surface area contributed by atoms with E-state index in [2.05, 4.69) is 22.4 Å². The maximum atomic E-state index is 13.2. The number of aromatic nitrogens is 3. The van der Waals surface area contributed by atoms with Gasteiger partial charge in [0.1, 0.15) is 5.69 Å². The molecule has 176 valence electrons. The van der Waals surface area contributed by atoms with Gasteiger partial charge in [-0.25, -0.2) is 9.00 Å². The van der Waals surface area contributed by atoms with Gasteiger partial charge in [0.15, 0.2) is 11.1 Å². The fraction of sp³-hybridized carbons (Fsp3) is 0.400. The summed E-state index contributed by atoms with van der Waals surface area (Å²) in [6, 6.07) is 17.9. The van der Waals surface area contributed by atoms with Crippen LogP contribution in [0.4, 0.5) is 4.79 Å². The molecule has 0 saturated carbocycles. The summed E-state index contributed by atoms with van der Waals surface area (Å²) in [5.74, 6) is 0. The highest BCUT2D eigenvalue weighted by Gasteiger charge is 2.28. The smallest absolute Gasteiger partial charge is 0.320 e. The van der Waals surface area contributed by atoms with Gasteiger partial charge in [-0.1, -0.05) is 73.7 Å². The average molecular weight is 469 g/mol. The van der Waals surface area contributed by atoms with Gasteiger partial charge in [0.2, 0.25) is 0 Å². The van der Waals surface area contributed by atoms with Gasteiger partial charge in [-0.15, -0.1) is 5.10 Å². The van der Waals surface area contributed by atoms with Crippen molar-refractivity contribution >= 4 is 17.1 Å². The molecule has 1 amide bonds. The van der Waals surface area contributed by atoms with Crippen LogP contribution >= 0.6 is 0 Å². The van der Waals surface area contributed by atoms with Crippen molar-refractivity contribution in [2.75, 3.05) is 12.8 Å². The molecule has 2 aromatic carbocycles. The van der Waals surface area contributed by atoms with Crippen LogP contribution in [0, 0.1) is 0 Å². The molecule has 8 heteroatoms. The van der Waals surface area contributed by atoms with E-state index in [-0.39, 0.29) is 18.7 Å². The van der Waals surface area contributed by atoms with Gasteiger partial charge in [0.25, 0.3) is 0 Å². The minimum absolute atomic E-state index is 0.130. The number of hydrogen-bond acceptors (Lipinski definition) is 5. The Bertz CT molecular complexity index is 1040. The lowest BCUT2D eigenvalue weighted by Crippen LogP contribution is -2.46. The molecule has 1 fully saturated rings. The number of hydrogen-bond donors (Lipinski definition) is 0. The van der Waals surface area contributed by atoms with Gasteiger partial charge in [-0.05, 0) is 36.8 Å². The molecule has 33 heavy (non-hydrogen) atoms. The summed E-state index contributed by atoms with van der Waals surface area (Å²) < 4.78 is 17.5. The molecule has 0 aliphatic carbocycles. The van der Waals surface area contributed by atoms with Crippen molar-refractivity contribution in [1.29, 1.82) is 0 Å². The Hall–Kier alpha value is -2.84. The van der Waals surface area contributed by atoms with Crippen molar-refractivity contribution in [3.8, 4) is 11.3 Å². The number of nitrogens with zero attached hydrogens (tertiary/aromatic N) is 4. The molecule has 7 nitrogen and oxygen atoms in total. The summed E-state index contributed by atoms with van der Waals surface area (Å²) in [5, 5.41) is 8.30. The molecule has 2 unspecified atom stereocenters. The monoisotopic (exact) mass is 468 g/mol. The fourth-order valence-electron chi connectivity index (χ4n) is 3.89. The topological polar surface area (TPSA) is 77.3 Å². The van der Waals surface area contributed by atoms with E-state index in [1.54, 1.807) is 6.20 Å². The normalized spacial score (nSPS) is 16.6. The van der Waals surface area contributed by atoms with Crippen LogP contribution in [0.15, 0.2) is 60.8 Å². The number of carbonyl (C=O) groups is 1. The number of carbonyl (C=O) groups excluding carboxylic acids is 1. The Kier molecular flexibility index (Phi) is 9.33. The third-order valence-corrected chi connectivity index (χ3v) is 5.97. The average Bonchev–Trinajstić information content (AvgIpc) is 3.35. The minimum Gasteiger partial charge on any atom is -0.320 e. The Morgan fingerprint density at radius 2 is 1.79 bits per heavy atom. The lowest BCUT2D eigenvalue weighted by Gasteiger charge is -2.35. The van der Waals surface area contributed by atoms with E-state index in [1.165, 1.54) is 16.5 Å². The number of benzene rings is 2. The summed E-state index contributed by atoms with van der Waals surface area (Å²) in [6.07, 6.45) is 7.16. The standard InChI is InChI=1S/C23H26N4O3S.C2H6/c1-31(29)30-17-19-10-12-20(13-11-19)22-16-27(25-24-22)23(28)26-14-6-5-9-21(26)15-18-7-3-2-4-8-18;1-2/h2-4,7-8,10-13,16,21H,5-6,9,14-15,17H2,1H3;1-2H3. The van der Waals surface area contributed by atoms with Crippen LogP contribution in [0.25, 0.3) is 11.3 Å². The van der Waals surface area contributed by atoms with E-state index in [4.69, 9.17) is 4.18 Å². The molecule has 1 saturated heterocycles. The predicted molar refractivity (Wildman–Crippen MR) is 131 cm³/mol. The summed E-state index contributed by atoms with van der Waals surface area (Å²) in [4.78, 5) is 15.1. The zero-order chi connectivity index (χ0) is 23.6. The summed E-state index contributed by atoms with van der Waals surface area (Å²) in [5.41, 5.74) is 3.65. The van der Waals surface area contributed by atoms with Crippen LogP contribution in [-0.4, -0.2) is 49.0 Å². The third-order valence-electron chi connectivity index (χ3n) is 5.52. The molecule has 0 bridgehead atoms. The molecule has 0 spiro atoms. The van der Waals surface area contributed by atoms with Crippen molar-refractivity contribution in [1.82, 2.24) is 19.9 Å². The molecular weight excluding hydrogens is 436 g/mol. The Morgan fingerprint density at radius 1 is 1.06 bits per heavy atom. The van der Waals surface area contributed by atoms with E-state index >= 15 is 0 Å². The van der Waals surface area contributed by atoms with Gasteiger partial charge >= 0.3 is 6.03 Å². The van der Waals surface area contributed by atoms with Gasteiger partial charge in [-0.3, -0.25) is 4.18 Å². The zero-order valence-corrected chi connectivity index (χ0v) is 20.3. The van der Waals surface area contributed by atoms with Crippen LogP contribution < -0.4 is 0 Å². The fourth-order valence-corrected chi connectivity index (χ4v) is 4.20. The lowest BCUT2D eigenvalue weighted by molar-refractivity contribution is 0.149. The van der Waals surface area contributed by atoms with Crippen molar-refractivity contribution in [2.45, 2.75) is 52.2 Å². The first kappa shape index (κ1) is 24.8. The zero-order valence-electron chi connectivity index (χ0n) is 19.5. The molecule has 0 N–H and O–H groups in total. The van der Waals surface area contributed by atoms with E-state index in [9.17, 15) is 9.00 Å². The van der Waals surface area contributed by atoms with Gasteiger partial charge in [0, 0.05) is 24.4 Å². The summed E-state index contributed by atoms with van der Waals surface area (Å²) in [7, 11) is 0. The van der Waals surface area contributed by atoms with Crippen molar-refractivity contribution in [2.24, 2.45) is 0 Å². The molecule has 2 atom stereocenters. The Balaban J connectivity index is 0.00000149. The third kappa shape index (κ3) is 6.82. The second-order valence-electron chi connectivity index (χ2n) is 7.72. The van der Waals surface area contributed by atoms with Gasteiger partial charge in [0.05, 0.1) is 12.8 Å². The molecule has 1 aliphatic rings. The van der Waals surface area contributed by atoms with Crippen LogP contribution in [0.3, 0.4) is 0 Å². The number of amides is 1. The van der Waals surface area contributed by atoms with Crippen LogP contribution in [0.5, 0.6) is 0 Å². The van der Waals surface area contributed by atoms with Crippen LogP contribution in [0.2, 0.25) is 0 Å². The second kappa shape index (κ2) is 12.4. The van der Waals surface area contributed by atoms with Crippen LogP contribution in [0.1, 0.15) is 44.2 Å². The highest BCUT2D eigenvalue weighted by Crippen LogP contribution is 2.23. The highest BCUT2D eigenvalue weighted by molar-refractivity contribution is 7.79. The molecular formula is C25H32N4O3S. The largest absolute Gasteiger partial charge is 0.346 e. The number of likely N-dealkylation sites (tertiary alicyclic amines) is 1. The first-order valence-electron chi connectivity index (χ1n) is 11.4. The molecule has 3 aromatic rings. The molecule has 4 rings (SSSR count). The molecule has 1 aromatic heterocycles. The summed E-state index contributed by atoms with van der Waals surface area (Å²) >= 11 is -1.30. The quantitative estimate of drug-likeness (QED) is 0.517. The van der Waals surface area contributed by atoms with E-state index in [0.717, 1.165) is 43.4 Å². The molecule has 0 radical (unpaired) electrons. The van der Waals surface area contributed by atoms with Crippen molar-refractivity contribution < 1.29 is 13.2 Å². The van der Waals surface area contributed by atoms with E-state index in [0.29, 0.717) is 5.69 Å². The summed E-state index contributed by atoms with van der Waals surface area (Å²) in [6.45, 7) is 5.02. The van der Waals surface area contributed by atoms with E-state index in [1.807, 2.05) is 61.2 Å². The first-order valence-corrected chi connectivity index (χ1v) is 12.9. The second-order valence-corrected chi connectivity index (χ2v) is 8.76. The molecule has 2 heterocycles. The van der Waals surface area contributed by atoms with Crippen molar-refractivity contribution in [3.05, 3.63) is 71.9 Å². The van der Waals surface area contributed by atoms with Gasteiger partial charge in [-0.2, -0.15) is 4.68 Å².